The summed E-state index contributed by atoms with van der Waals surface area (Å²) < 4.78 is 108. The van der Waals surface area contributed by atoms with E-state index in [0.717, 1.165) is 12.1 Å². The van der Waals surface area contributed by atoms with Crippen LogP contribution in [0, 0.1) is 11.6 Å². The number of rotatable bonds is 2. The van der Waals surface area contributed by atoms with Gasteiger partial charge in [-0.25, -0.2) is 8.78 Å². The molecule has 0 aliphatic carbocycles. The van der Waals surface area contributed by atoms with Crippen LogP contribution in [0.3, 0.4) is 0 Å². The van der Waals surface area contributed by atoms with E-state index in [1.54, 1.807) is 0 Å². The van der Waals surface area contributed by atoms with Crippen molar-refractivity contribution in [3.05, 3.63) is 59.2 Å². The normalized spacial score (nSPS) is 12.4. The van der Waals surface area contributed by atoms with Crippen LogP contribution in [0.4, 0.5) is 35.1 Å². The van der Waals surface area contributed by atoms with E-state index in [1.807, 2.05) is 0 Å². The minimum Gasteiger partial charge on any atom is -0.416 e. The molecule has 2 aromatic carbocycles. The van der Waals surface area contributed by atoms with Gasteiger partial charge >= 0.3 is 12.4 Å². The molecule has 0 N–H and O–H groups in total. The highest BCUT2D eigenvalue weighted by atomic mass is 19.4. The number of alkyl halides is 6. The molecular weight excluding hydrogens is 388 g/mol. The fraction of sp³-hybridized carbons (Fsp3) is 0.125. The highest BCUT2D eigenvalue weighted by Gasteiger charge is 2.36. The molecule has 0 atom stereocenters. The van der Waals surface area contributed by atoms with Gasteiger partial charge in [-0.3, -0.25) is 0 Å². The van der Waals surface area contributed by atoms with E-state index in [1.165, 1.54) is 0 Å². The van der Waals surface area contributed by atoms with Crippen LogP contribution < -0.4 is 0 Å². The molecule has 142 valence electrons. The van der Waals surface area contributed by atoms with Crippen LogP contribution >= 0.6 is 0 Å². The van der Waals surface area contributed by atoms with Gasteiger partial charge in [0, 0.05) is 11.1 Å². The largest absolute Gasteiger partial charge is 0.419 e. The molecule has 1 aromatic heterocycles. The van der Waals surface area contributed by atoms with Crippen LogP contribution in [0.15, 0.2) is 40.8 Å². The third-order valence-corrected chi connectivity index (χ3v) is 3.46. The van der Waals surface area contributed by atoms with Gasteiger partial charge < -0.3 is 4.42 Å². The van der Waals surface area contributed by atoms with Gasteiger partial charge in [0.05, 0.1) is 11.1 Å². The maximum absolute atomic E-state index is 13.3. The molecule has 1 heterocycles. The average molecular weight is 394 g/mol. The summed E-state index contributed by atoms with van der Waals surface area (Å²) in [6, 6.07) is 3.82. The summed E-state index contributed by atoms with van der Waals surface area (Å²) in [6.45, 7) is 0. The first kappa shape index (κ1) is 18.8. The van der Waals surface area contributed by atoms with Crippen molar-refractivity contribution in [2.24, 2.45) is 0 Å². The molecule has 0 spiro atoms. The Labute approximate surface area is 145 Å². The van der Waals surface area contributed by atoms with Crippen molar-refractivity contribution >= 4 is 0 Å². The summed E-state index contributed by atoms with van der Waals surface area (Å²) in [5.41, 5.74) is -3.72. The van der Waals surface area contributed by atoms with Gasteiger partial charge in [-0.15, -0.1) is 10.2 Å². The summed E-state index contributed by atoms with van der Waals surface area (Å²) in [6.07, 6.45) is -9.94. The zero-order valence-corrected chi connectivity index (χ0v) is 12.8. The minimum atomic E-state index is -4.97. The van der Waals surface area contributed by atoms with Crippen LogP contribution in [-0.4, -0.2) is 10.2 Å². The average Bonchev–Trinajstić information content (AvgIpc) is 3.03. The van der Waals surface area contributed by atoms with Crippen LogP contribution in [0.5, 0.6) is 0 Å². The molecule has 3 rings (SSSR count). The molecular formula is C16H6F8N2O. The smallest absolute Gasteiger partial charge is 0.416 e. The van der Waals surface area contributed by atoms with Crippen LogP contribution in [-0.2, 0) is 12.4 Å². The van der Waals surface area contributed by atoms with E-state index in [9.17, 15) is 35.1 Å². The number of hydrogen-bond acceptors (Lipinski definition) is 3. The Kier molecular flexibility index (Phi) is 4.40. The van der Waals surface area contributed by atoms with E-state index in [0.29, 0.717) is 24.3 Å². The van der Waals surface area contributed by atoms with Gasteiger partial charge in [0.25, 0.3) is 0 Å². The summed E-state index contributed by atoms with van der Waals surface area (Å²) in [4.78, 5) is 0. The van der Waals surface area contributed by atoms with Crippen molar-refractivity contribution in [1.29, 1.82) is 0 Å². The second-order valence-electron chi connectivity index (χ2n) is 5.30. The number of aromatic nitrogens is 2. The molecule has 0 radical (unpaired) electrons. The zero-order chi connectivity index (χ0) is 20.0. The van der Waals surface area contributed by atoms with Crippen LogP contribution in [0.25, 0.3) is 22.9 Å². The Morgan fingerprint density at radius 2 is 1.00 bits per heavy atom. The third-order valence-electron chi connectivity index (χ3n) is 3.46. The molecule has 0 saturated carbocycles. The highest BCUT2D eigenvalue weighted by Crippen LogP contribution is 2.36. The molecule has 3 nitrogen and oxygen atoms in total. The van der Waals surface area contributed by atoms with Crippen molar-refractivity contribution in [2.45, 2.75) is 12.4 Å². The first-order chi connectivity index (χ1) is 12.5. The topological polar surface area (TPSA) is 38.9 Å². The van der Waals surface area contributed by atoms with Crippen molar-refractivity contribution in [3.63, 3.8) is 0 Å². The standard InChI is InChI=1S/C16H6F8N2O/c17-11-3-1-7(5-9(11)15(19,20)21)13-25-26-14(27-13)8-2-4-12(18)10(6-8)16(22,23)24/h1-6H. The fourth-order valence-electron chi connectivity index (χ4n) is 2.21. The summed E-state index contributed by atoms with van der Waals surface area (Å²) in [5, 5.41) is 6.90. The molecule has 11 heteroatoms. The van der Waals surface area contributed by atoms with Crippen LogP contribution in [0.2, 0.25) is 0 Å². The third kappa shape index (κ3) is 3.76. The Bertz CT molecular complexity index is 913. The van der Waals surface area contributed by atoms with E-state index in [-0.39, 0.29) is 11.1 Å². The van der Waals surface area contributed by atoms with E-state index >= 15 is 0 Å². The lowest BCUT2D eigenvalue weighted by molar-refractivity contribution is -0.140. The summed E-state index contributed by atoms with van der Waals surface area (Å²) in [5.74, 6) is -3.99. The van der Waals surface area contributed by atoms with Gasteiger partial charge in [0.2, 0.25) is 11.8 Å². The highest BCUT2D eigenvalue weighted by molar-refractivity contribution is 5.59. The molecule has 0 saturated heterocycles. The Balaban J connectivity index is 2.02. The van der Waals surface area contributed by atoms with Crippen molar-refractivity contribution in [1.82, 2.24) is 10.2 Å². The number of benzene rings is 2. The SMILES string of the molecule is Fc1ccc(-c2nnc(-c3ccc(F)c(C(F)(F)F)c3)o2)cc1C(F)(F)F. The van der Waals surface area contributed by atoms with Crippen molar-refractivity contribution in [3.8, 4) is 22.9 Å². The van der Waals surface area contributed by atoms with E-state index in [2.05, 4.69) is 10.2 Å². The second-order valence-corrected chi connectivity index (χ2v) is 5.30. The van der Waals surface area contributed by atoms with Gasteiger partial charge in [-0.2, -0.15) is 26.3 Å². The maximum atomic E-state index is 13.3. The lowest BCUT2D eigenvalue weighted by Gasteiger charge is -2.08. The molecule has 0 aliphatic rings. The molecule has 0 fully saturated rings. The lowest BCUT2D eigenvalue weighted by atomic mass is 10.1. The number of nitrogens with zero attached hydrogens (tertiary/aromatic N) is 2. The Morgan fingerprint density at radius 1 is 0.630 bits per heavy atom. The Morgan fingerprint density at radius 3 is 1.33 bits per heavy atom. The number of halogens is 8. The quantitative estimate of drug-likeness (QED) is 0.522. The molecule has 0 bridgehead atoms. The second kappa shape index (κ2) is 6.32. The molecule has 0 unspecified atom stereocenters. The molecule has 3 aromatic rings. The molecule has 0 aliphatic heterocycles. The fourth-order valence-corrected chi connectivity index (χ4v) is 2.21. The molecule has 0 amide bonds. The predicted octanol–water partition coefficient (Wildman–Crippen LogP) is 5.72. The monoisotopic (exact) mass is 394 g/mol. The van der Waals surface area contributed by atoms with Gasteiger partial charge in [0.1, 0.15) is 11.6 Å². The van der Waals surface area contributed by atoms with Crippen molar-refractivity contribution in [2.75, 3.05) is 0 Å². The lowest BCUT2D eigenvalue weighted by Crippen LogP contribution is -2.08. The zero-order valence-electron chi connectivity index (χ0n) is 12.8. The van der Waals surface area contributed by atoms with Gasteiger partial charge in [-0.05, 0) is 36.4 Å². The Hall–Kier alpha value is -2.98. The van der Waals surface area contributed by atoms with E-state index in [4.69, 9.17) is 4.42 Å². The summed E-state index contributed by atoms with van der Waals surface area (Å²) in [7, 11) is 0. The minimum absolute atomic E-state index is 0.291. The van der Waals surface area contributed by atoms with Crippen molar-refractivity contribution < 1.29 is 39.5 Å². The maximum Gasteiger partial charge on any atom is 0.419 e. The van der Waals surface area contributed by atoms with Gasteiger partial charge in [0.15, 0.2) is 0 Å². The van der Waals surface area contributed by atoms with Crippen LogP contribution in [0.1, 0.15) is 11.1 Å². The first-order valence-electron chi connectivity index (χ1n) is 7.04. The number of hydrogen-bond donors (Lipinski definition) is 0. The predicted molar refractivity (Wildman–Crippen MR) is 75.1 cm³/mol. The van der Waals surface area contributed by atoms with Gasteiger partial charge in [-0.1, -0.05) is 0 Å². The first-order valence-corrected chi connectivity index (χ1v) is 7.04. The summed E-state index contributed by atoms with van der Waals surface area (Å²) >= 11 is 0. The molecule has 27 heavy (non-hydrogen) atoms. The van der Waals surface area contributed by atoms with E-state index < -0.39 is 46.9 Å².